The SMILES string of the molecule is Nc1ncc(Br)nc1C#CCSI. The third-order valence-electron chi connectivity index (χ3n) is 1.10. The summed E-state index contributed by atoms with van der Waals surface area (Å²) in [4.78, 5) is 8.00. The van der Waals surface area contributed by atoms with Gasteiger partial charge in [-0.2, -0.15) is 0 Å². The van der Waals surface area contributed by atoms with Gasteiger partial charge in [0, 0.05) is 0 Å². The van der Waals surface area contributed by atoms with Crippen LogP contribution in [0.3, 0.4) is 0 Å². The lowest BCUT2D eigenvalue weighted by Crippen LogP contribution is -1.97. The van der Waals surface area contributed by atoms with Crippen LogP contribution in [0.5, 0.6) is 0 Å². The van der Waals surface area contributed by atoms with Gasteiger partial charge in [-0.3, -0.25) is 0 Å². The summed E-state index contributed by atoms with van der Waals surface area (Å²) >= 11 is 5.38. The van der Waals surface area contributed by atoms with Gasteiger partial charge in [-0.15, -0.1) is 0 Å². The van der Waals surface area contributed by atoms with Crippen molar-refractivity contribution in [1.82, 2.24) is 9.97 Å². The zero-order valence-electron chi connectivity index (χ0n) is 6.42. The normalized spacial score (nSPS) is 9.08. The molecular formula is C7H5BrIN3S. The Morgan fingerprint density at radius 3 is 3.15 bits per heavy atom. The predicted molar refractivity (Wildman–Crippen MR) is 67.5 cm³/mol. The van der Waals surface area contributed by atoms with E-state index in [4.69, 9.17) is 5.73 Å². The number of halogens is 2. The van der Waals surface area contributed by atoms with Crippen molar-refractivity contribution < 1.29 is 0 Å². The Bertz CT molecular complexity index is 360. The molecule has 0 amide bonds. The molecule has 0 bridgehead atoms. The summed E-state index contributed by atoms with van der Waals surface area (Å²) in [5, 5.41) is 0. The summed E-state index contributed by atoms with van der Waals surface area (Å²) in [5.41, 5.74) is 6.09. The summed E-state index contributed by atoms with van der Waals surface area (Å²) in [6.07, 6.45) is 1.55. The molecule has 1 heterocycles. The van der Waals surface area contributed by atoms with E-state index in [-0.39, 0.29) is 0 Å². The van der Waals surface area contributed by atoms with Gasteiger partial charge in [0.2, 0.25) is 0 Å². The van der Waals surface area contributed by atoms with Crippen LogP contribution in [0.15, 0.2) is 10.8 Å². The molecule has 1 rings (SSSR count). The zero-order chi connectivity index (χ0) is 9.68. The van der Waals surface area contributed by atoms with Crippen LogP contribution in [0, 0.1) is 11.8 Å². The van der Waals surface area contributed by atoms with Crippen molar-refractivity contribution in [3.8, 4) is 11.8 Å². The molecule has 0 saturated carbocycles. The number of rotatable bonds is 1. The Balaban J connectivity index is 2.89. The third-order valence-corrected chi connectivity index (χ3v) is 2.67. The number of hydrogen-bond donors (Lipinski definition) is 1. The summed E-state index contributed by atoms with van der Waals surface area (Å²) in [7, 11) is 1.63. The molecule has 1 aromatic rings. The highest BCUT2D eigenvalue weighted by Gasteiger charge is 1.98. The molecule has 2 N–H and O–H groups in total. The zero-order valence-corrected chi connectivity index (χ0v) is 11.0. The lowest BCUT2D eigenvalue weighted by molar-refractivity contribution is 1.15. The van der Waals surface area contributed by atoms with Gasteiger partial charge in [0.05, 0.1) is 11.9 Å². The Morgan fingerprint density at radius 2 is 2.46 bits per heavy atom. The van der Waals surface area contributed by atoms with Crippen LogP contribution in [0.4, 0.5) is 5.82 Å². The molecule has 0 unspecified atom stereocenters. The highest BCUT2D eigenvalue weighted by Crippen LogP contribution is 2.10. The topological polar surface area (TPSA) is 51.8 Å². The van der Waals surface area contributed by atoms with Crippen molar-refractivity contribution in [1.29, 1.82) is 0 Å². The summed E-state index contributed by atoms with van der Waals surface area (Å²) < 4.78 is 0.646. The fraction of sp³-hybridized carbons (Fsp3) is 0.143. The minimum Gasteiger partial charge on any atom is -0.381 e. The number of anilines is 1. The molecule has 0 aromatic carbocycles. The maximum Gasteiger partial charge on any atom is 0.158 e. The first-order valence-corrected chi connectivity index (χ1v) is 7.56. The van der Waals surface area contributed by atoms with Gasteiger partial charge in [-0.05, 0) is 43.1 Å². The lowest BCUT2D eigenvalue weighted by Gasteiger charge is -1.95. The second kappa shape index (κ2) is 5.67. The maximum absolute atomic E-state index is 5.57. The van der Waals surface area contributed by atoms with Crippen LogP contribution >= 0.6 is 46.1 Å². The van der Waals surface area contributed by atoms with E-state index in [1.54, 1.807) is 15.1 Å². The van der Waals surface area contributed by atoms with Gasteiger partial charge < -0.3 is 5.73 Å². The fourth-order valence-corrected chi connectivity index (χ4v) is 1.49. The van der Waals surface area contributed by atoms with E-state index >= 15 is 0 Å². The van der Waals surface area contributed by atoms with Gasteiger partial charge >= 0.3 is 0 Å². The van der Waals surface area contributed by atoms with Gasteiger partial charge in [-0.25, -0.2) is 9.97 Å². The molecule has 0 atom stereocenters. The van der Waals surface area contributed by atoms with E-state index < -0.39 is 0 Å². The number of nitrogens with zero attached hydrogens (tertiary/aromatic N) is 2. The minimum absolute atomic E-state index is 0.370. The number of nitrogen functional groups attached to an aromatic ring is 1. The van der Waals surface area contributed by atoms with Crippen molar-refractivity contribution in [3.05, 3.63) is 16.5 Å². The van der Waals surface area contributed by atoms with Crippen molar-refractivity contribution in [3.63, 3.8) is 0 Å². The van der Waals surface area contributed by atoms with E-state index in [0.29, 0.717) is 16.1 Å². The van der Waals surface area contributed by atoms with Crippen molar-refractivity contribution >= 4 is 51.9 Å². The average Bonchev–Trinajstić information content (AvgIpc) is 2.11. The molecule has 0 aliphatic carbocycles. The van der Waals surface area contributed by atoms with E-state index in [0.717, 1.165) is 5.75 Å². The fourth-order valence-electron chi connectivity index (χ4n) is 0.616. The first kappa shape index (κ1) is 11.1. The van der Waals surface area contributed by atoms with Crippen molar-refractivity contribution in [2.75, 3.05) is 11.5 Å². The van der Waals surface area contributed by atoms with Crippen LogP contribution in [0.1, 0.15) is 5.69 Å². The standard InChI is InChI=1S/C7H5BrIN3S/c8-6-4-11-7(10)5(12-6)2-1-3-13-9/h4H,3H2,(H2,10,11). The molecule has 6 heteroatoms. The molecule has 0 radical (unpaired) electrons. The molecule has 68 valence electrons. The smallest absolute Gasteiger partial charge is 0.158 e. The highest BCUT2D eigenvalue weighted by molar-refractivity contribution is 14.2. The Hall–Kier alpha value is -0.000000000000000111. The van der Waals surface area contributed by atoms with E-state index in [1.165, 1.54) is 0 Å². The molecule has 0 aliphatic rings. The molecule has 3 nitrogen and oxygen atoms in total. The Labute approximate surface area is 101 Å². The number of hydrogen-bond acceptors (Lipinski definition) is 4. The second-order valence-electron chi connectivity index (χ2n) is 1.98. The summed E-state index contributed by atoms with van der Waals surface area (Å²) in [5.74, 6) is 6.90. The van der Waals surface area contributed by atoms with Crippen LogP contribution in [0.25, 0.3) is 0 Å². The predicted octanol–water partition coefficient (Wildman–Crippen LogP) is 2.26. The molecule has 0 fully saturated rings. The second-order valence-corrected chi connectivity index (χ2v) is 5.17. The molecular weight excluding hydrogens is 365 g/mol. The maximum atomic E-state index is 5.57. The monoisotopic (exact) mass is 369 g/mol. The number of nitrogens with two attached hydrogens (primary N) is 1. The molecule has 0 spiro atoms. The van der Waals surface area contributed by atoms with E-state index in [9.17, 15) is 0 Å². The van der Waals surface area contributed by atoms with Gasteiger partial charge in [0.1, 0.15) is 4.60 Å². The largest absolute Gasteiger partial charge is 0.381 e. The molecule has 1 aromatic heterocycles. The van der Waals surface area contributed by atoms with Crippen LogP contribution in [0.2, 0.25) is 0 Å². The first-order chi connectivity index (χ1) is 6.24. The van der Waals surface area contributed by atoms with Crippen LogP contribution in [-0.4, -0.2) is 15.7 Å². The van der Waals surface area contributed by atoms with Crippen LogP contribution in [-0.2, 0) is 0 Å². The van der Waals surface area contributed by atoms with E-state index in [1.807, 2.05) is 0 Å². The molecule has 13 heavy (non-hydrogen) atoms. The van der Waals surface area contributed by atoms with Gasteiger partial charge in [-0.1, -0.05) is 14.9 Å². The summed E-state index contributed by atoms with van der Waals surface area (Å²) in [6, 6.07) is 0. The Kier molecular flexibility index (Phi) is 4.83. The molecule has 0 aliphatic heterocycles. The Morgan fingerprint density at radius 1 is 1.69 bits per heavy atom. The van der Waals surface area contributed by atoms with Gasteiger partial charge in [0.15, 0.2) is 11.5 Å². The third kappa shape index (κ3) is 3.70. The lowest BCUT2D eigenvalue weighted by atomic mass is 10.4. The van der Waals surface area contributed by atoms with Crippen molar-refractivity contribution in [2.45, 2.75) is 0 Å². The quantitative estimate of drug-likeness (QED) is 0.609. The first-order valence-electron chi connectivity index (χ1n) is 3.24. The molecule has 0 saturated heterocycles. The van der Waals surface area contributed by atoms with Gasteiger partial charge in [0.25, 0.3) is 0 Å². The summed E-state index contributed by atoms with van der Waals surface area (Å²) in [6.45, 7) is 0. The number of aromatic nitrogens is 2. The van der Waals surface area contributed by atoms with Crippen LogP contribution < -0.4 is 5.73 Å². The van der Waals surface area contributed by atoms with E-state index in [2.05, 4.69) is 58.9 Å². The highest BCUT2D eigenvalue weighted by atomic mass is 127. The average molecular weight is 370 g/mol. The van der Waals surface area contributed by atoms with Crippen molar-refractivity contribution in [2.24, 2.45) is 0 Å². The minimum atomic E-state index is 0.370.